The van der Waals surface area contributed by atoms with Crippen LogP contribution in [0.2, 0.25) is 0 Å². The van der Waals surface area contributed by atoms with Gasteiger partial charge in [0.2, 0.25) is 0 Å². The SMILES string of the molecule is CCN1CCN(c2nc3c(C)cc(C(=O)NC4CCOCC4)cc3s2)CC1. The van der Waals surface area contributed by atoms with E-state index in [0.29, 0.717) is 0 Å². The standard InChI is InChI=1S/C20H28N4O2S/c1-3-23-6-8-24(9-7-23)20-22-18-14(2)12-15(13-17(18)27-20)19(25)21-16-4-10-26-11-5-16/h12-13,16H,3-11H2,1-2H3,(H,21,25). The predicted molar refractivity (Wildman–Crippen MR) is 110 cm³/mol. The minimum absolute atomic E-state index is 0.0124. The Morgan fingerprint density at radius 2 is 2.00 bits per heavy atom. The average Bonchev–Trinajstić information content (AvgIpc) is 3.14. The molecule has 0 unspecified atom stereocenters. The van der Waals surface area contributed by atoms with Crippen LogP contribution < -0.4 is 10.2 Å². The number of hydrogen-bond donors (Lipinski definition) is 1. The van der Waals surface area contributed by atoms with Crippen molar-refractivity contribution in [1.82, 2.24) is 15.2 Å². The largest absolute Gasteiger partial charge is 0.381 e. The number of nitrogens with one attached hydrogen (secondary N) is 1. The molecule has 27 heavy (non-hydrogen) atoms. The molecule has 2 aromatic rings. The normalized spacial score (nSPS) is 19.6. The third-order valence-electron chi connectivity index (χ3n) is 5.58. The maximum atomic E-state index is 12.7. The Morgan fingerprint density at radius 1 is 1.26 bits per heavy atom. The third kappa shape index (κ3) is 4.10. The van der Waals surface area contributed by atoms with Crippen LogP contribution in [0.1, 0.15) is 35.7 Å². The van der Waals surface area contributed by atoms with Crippen LogP contribution in [0.5, 0.6) is 0 Å². The first-order chi connectivity index (χ1) is 13.1. The number of rotatable bonds is 4. The maximum absolute atomic E-state index is 12.7. The van der Waals surface area contributed by atoms with Crippen LogP contribution in [0.25, 0.3) is 10.2 Å². The highest BCUT2D eigenvalue weighted by atomic mass is 32.1. The summed E-state index contributed by atoms with van der Waals surface area (Å²) in [5, 5.41) is 4.23. The van der Waals surface area contributed by atoms with E-state index in [4.69, 9.17) is 9.72 Å². The van der Waals surface area contributed by atoms with Crippen molar-refractivity contribution in [3.05, 3.63) is 23.3 Å². The first-order valence-corrected chi connectivity index (χ1v) is 10.7. The number of anilines is 1. The molecule has 2 fully saturated rings. The van der Waals surface area contributed by atoms with Gasteiger partial charge < -0.3 is 19.9 Å². The van der Waals surface area contributed by atoms with Gasteiger partial charge in [-0.15, -0.1) is 0 Å². The van der Waals surface area contributed by atoms with Crippen molar-refractivity contribution in [1.29, 1.82) is 0 Å². The number of aryl methyl sites for hydroxylation is 1. The van der Waals surface area contributed by atoms with Crippen LogP contribution in [0.4, 0.5) is 5.13 Å². The molecular formula is C20H28N4O2S. The molecule has 0 bridgehead atoms. The van der Waals surface area contributed by atoms with Gasteiger partial charge in [-0.1, -0.05) is 18.3 Å². The van der Waals surface area contributed by atoms with E-state index in [1.54, 1.807) is 11.3 Å². The fourth-order valence-corrected chi connectivity index (χ4v) is 4.95. The predicted octanol–water partition coefficient (Wildman–Crippen LogP) is 2.66. The number of aromatic nitrogens is 1. The van der Waals surface area contributed by atoms with Crippen molar-refractivity contribution in [2.24, 2.45) is 0 Å². The summed E-state index contributed by atoms with van der Waals surface area (Å²) in [6.07, 6.45) is 1.78. The second-order valence-corrected chi connectivity index (χ2v) is 8.43. The monoisotopic (exact) mass is 388 g/mol. The van der Waals surface area contributed by atoms with Crippen LogP contribution in [0.15, 0.2) is 12.1 Å². The van der Waals surface area contributed by atoms with E-state index in [2.05, 4.69) is 22.0 Å². The molecule has 146 valence electrons. The lowest BCUT2D eigenvalue weighted by molar-refractivity contribution is 0.0696. The number of carbonyl (C=O) groups is 1. The van der Waals surface area contributed by atoms with Gasteiger partial charge in [0.25, 0.3) is 5.91 Å². The van der Waals surface area contributed by atoms with E-state index in [0.717, 1.165) is 85.3 Å². The molecule has 2 aliphatic heterocycles. The summed E-state index contributed by atoms with van der Waals surface area (Å²) in [4.78, 5) is 22.4. The lowest BCUT2D eigenvalue weighted by Gasteiger charge is -2.33. The first-order valence-electron chi connectivity index (χ1n) is 9.91. The van der Waals surface area contributed by atoms with E-state index in [-0.39, 0.29) is 11.9 Å². The van der Waals surface area contributed by atoms with Crippen molar-refractivity contribution in [3.63, 3.8) is 0 Å². The van der Waals surface area contributed by atoms with E-state index in [9.17, 15) is 4.79 Å². The molecule has 0 saturated carbocycles. The van der Waals surface area contributed by atoms with Gasteiger partial charge in [-0.25, -0.2) is 4.98 Å². The molecule has 7 heteroatoms. The van der Waals surface area contributed by atoms with Crippen molar-refractivity contribution < 1.29 is 9.53 Å². The summed E-state index contributed by atoms with van der Waals surface area (Å²) in [6, 6.07) is 4.19. The molecule has 0 spiro atoms. The van der Waals surface area contributed by atoms with Gasteiger partial charge in [-0.3, -0.25) is 4.79 Å². The topological polar surface area (TPSA) is 57.7 Å². The fraction of sp³-hybridized carbons (Fsp3) is 0.600. The van der Waals surface area contributed by atoms with Crippen molar-refractivity contribution in [3.8, 4) is 0 Å². The zero-order chi connectivity index (χ0) is 18.8. The highest BCUT2D eigenvalue weighted by Crippen LogP contribution is 2.32. The van der Waals surface area contributed by atoms with E-state index in [1.165, 1.54) is 0 Å². The second-order valence-electron chi connectivity index (χ2n) is 7.42. The van der Waals surface area contributed by atoms with Gasteiger partial charge in [0, 0.05) is 51.0 Å². The maximum Gasteiger partial charge on any atom is 0.251 e. The van der Waals surface area contributed by atoms with E-state index < -0.39 is 0 Å². The van der Waals surface area contributed by atoms with Crippen LogP contribution in [0.3, 0.4) is 0 Å². The smallest absolute Gasteiger partial charge is 0.251 e. The summed E-state index contributed by atoms with van der Waals surface area (Å²) in [7, 11) is 0. The Kier molecular flexibility index (Phi) is 5.61. The molecule has 1 N–H and O–H groups in total. The fourth-order valence-electron chi connectivity index (χ4n) is 3.82. The van der Waals surface area contributed by atoms with Gasteiger partial charge in [0.05, 0.1) is 10.2 Å². The van der Waals surface area contributed by atoms with Gasteiger partial charge in [0.15, 0.2) is 5.13 Å². The quantitative estimate of drug-likeness (QED) is 0.873. The van der Waals surface area contributed by atoms with Crippen LogP contribution in [-0.2, 0) is 4.74 Å². The Balaban J connectivity index is 1.52. The Hall–Kier alpha value is -1.70. The number of piperazine rings is 1. The minimum Gasteiger partial charge on any atom is -0.381 e. The first kappa shape index (κ1) is 18.7. The molecule has 2 saturated heterocycles. The number of carbonyl (C=O) groups excluding carboxylic acids is 1. The molecule has 1 aromatic heterocycles. The van der Waals surface area contributed by atoms with Gasteiger partial charge >= 0.3 is 0 Å². The number of benzene rings is 1. The highest BCUT2D eigenvalue weighted by molar-refractivity contribution is 7.22. The molecule has 3 heterocycles. The molecule has 0 radical (unpaired) electrons. The molecule has 0 aliphatic carbocycles. The third-order valence-corrected chi connectivity index (χ3v) is 6.65. The number of likely N-dealkylation sites (N-methyl/N-ethyl adjacent to an activating group) is 1. The second kappa shape index (κ2) is 8.12. The van der Waals surface area contributed by atoms with Crippen molar-refractivity contribution >= 4 is 32.6 Å². The Morgan fingerprint density at radius 3 is 2.70 bits per heavy atom. The van der Waals surface area contributed by atoms with E-state index in [1.807, 2.05) is 19.1 Å². The molecule has 2 aliphatic rings. The summed E-state index contributed by atoms with van der Waals surface area (Å²) in [5.41, 5.74) is 2.83. The number of thiazole rings is 1. The summed E-state index contributed by atoms with van der Waals surface area (Å²) in [5.74, 6) is 0.0124. The number of ether oxygens (including phenoxy) is 1. The number of fused-ring (bicyclic) bond motifs is 1. The van der Waals surface area contributed by atoms with Crippen LogP contribution >= 0.6 is 11.3 Å². The van der Waals surface area contributed by atoms with Crippen LogP contribution in [-0.4, -0.2) is 67.8 Å². The minimum atomic E-state index is 0.0124. The highest BCUT2D eigenvalue weighted by Gasteiger charge is 2.21. The van der Waals surface area contributed by atoms with Crippen LogP contribution in [0, 0.1) is 6.92 Å². The molecule has 4 rings (SSSR count). The summed E-state index contributed by atoms with van der Waals surface area (Å²) >= 11 is 1.70. The molecule has 6 nitrogen and oxygen atoms in total. The van der Waals surface area contributed by atoms with Gasteiger partial charge in [-0.05, 0) is 44.0 Å². The number of hydrogen-bond acceptors (Lipinski definition) is 6. The number of nitrogens with zero attached hydrogens (tertiary/aromatic N) is 3. The van der Waals surface area contributed by atoms with E-state index >= 15 is 0 Å². The zero-order valence-electron chi connectivity index (χ0n) is 16.2. The molecule has 0 atom stereocenters. The number of amides is 1. The molecule has 1 aromatic carbocycles. The summed E-state index contributed by atoms with van der Waals surface area (Å²) in [6.45, 7) is 11.0. The van der Waals surface area contributed by atoms with Crippen molar-refractivity contribution in [2.45, 2.75) is 32.7 Å². The Bertz CT molecular complexity index is 808. The Labute approximate surface area is 164 Å². The van der Waals surface area contributed by atoms with Gasteiger partial charge in [-0.2, -0.15) is 0 Å². The molecule has 1 amide bonds. The van der Waals surface area contributed by atoms with Crippen molar-refractivity contribution in [2.75, 3.05) is 50.8 Å². The van der Waals surface area contributed by atoms with Gasteiger partial charge in [0.1, 0.15) is 0 Å². The average molecular weight is 389 g/mol. The zero-order valence-corrected chi connectivity index (χ0v) is 17.0. The molecular weight excluding hydrogens is 360 g/mol. The lowest BCUT2D eigenvalue weighted by atomic mass is 10.1. The summed E-state index contributed by atoms with van der Waals surface area (Å²) < 4.78 is 6.47. The lowest BCUT2D eigenvalue weighted by Crippen LogP contribution is -2.46.